The second-order valence-corrected chi connectivity index (χ2v) is 15.8. The minimum atomic E-state index is 0.589. The van der Waals surface area contributed by atoms with Gasteiger partial charge in [0.2, 0.25) is 0 Å². The van der Waals surface area contributed by atoms with Crippen molar-refractivity contribution in [3.05, 3.63) is 218 Å². The molecule has 12 rings (SSSR count). The Labute approximate surface area is 363 Å². The SMILES string of the molecule is c1ccc(-c2ccc(-c3nc(-c4ccc(-c5ccccc5)cc4)nc(-c4ccc(-c5nc6cc(-c7cccc8ccccc78)ccc6c6oc7ccccc7c56)cc4)n3)cc2)cc1. The molecule has 0 radical (unpaired) electrons. The van der Waals surface area contributed by atoms with E-state index in [4.69, 9.17) is 24.4 Å². The van der Waals surface area contributed by atoms with E-state index in [9.17, 15) is 0 Å². The van der Waals surface area contributed by atoms with Crippen molar-refractivity contribution in [1.29, 1.82) is 0 Å². The second-order valence-electron chi connectivity index (χ2n) is 15.8. The zero-order valence-corrected chi connectivity index (χ0v) is 34.0. The third-order valence-corrected chi connectivity index (χ3v) is 12.0. The molecule has 0 saturated heterocycles. The molecule has 294 valence electrons. The van der Waals surface area contributed by atoms with Crippen LogP contribution in [0.15, 0.2) is 223 Å². The van der Waals surface area contributed by atoms with Crippen LogP contribution in [0.5, 0.6) is 0 Å². The second kappa shape index (κ2) is 15.2. The molecule has 0 fully saturated rings. The van der Waals surface area contributed by atoms with E-state index in [2.05, 4.69) is 194 Å². The third kappa shape index (κ3) is 6.60. The van der Waals surface area contributed by atoms with Crippen LogP contribution in [-0.4, -0.2) is 19.9 Å². The Hall–Kier alpha value is -8.54. The normalized spacial score (nSPS) is 11.5. The van der Waals surface area contributed by atoms with Gasteiger partial charge in [-0.2, -0.15) is 0 Å². The molecule has 0 saturated carbocycles. The molecule has 12 aromatic rings. The average molecular weight is 805 g/mol. The Kier molecular flexibility index (Phi) is 8.75. The smallest absolute Gasteiger partial charge is 0.164 e. The summed E-state index contributed by atoms with van der Waals surface area (Å²) in [5.41, 5.74) is 13.9. The van der Waals surface area contributed by atoms with Crippen LogP contribution in [0, 0.1) is 0 Å². The maximum atomic E-state index is 6.65. The highest BCUT2D eigenvalue weighted by Gasteiger charge is 2.20. The molecule has 0 aliphatic carbocycles. The summed E-state index contributed by atoms with van der Waals surface area (Å²) in [6, 6.07) is 75.7. The van der Waals surface area contributed by atoms with E-state index < -0.39 is 0 Å². The highest BCUT2D eigenvalue weighted by molar-refractivity contribution is 6.19. The van der Waals surface area contributed by atoms with E-state index in [-0.39, 0.29) is 0 Å². The number of furan rings is 1. The lowest BCUT2D eigenvalue weighted by Crippen LogP contribution is -2.00. The molecule has 0 atom stereocenters. The topological polar surface area (TPSA) is 64.7 Å². The molecule has 0 amide bonds. The van der Waals surface area contributed by atoms with Gasteiger partial charge in [-0.15, -0.1) is 0 Å². The van der Waals surface area contributed by atoms with E-state index in [1.165, 1.54) is 16.3 Å². The van der Waals surface area contributed by atoms with Crippen molar-refractivity contribution < 1.29 is 4.42 Å². The number of para-hydroxylation sites is 1. The predicted molar refractivity (Wildman–Crippen MR) is 258 cm³/mol. The molecule has 0 unspecified atom stereocenters. The third-order valence-electron chi connectivity index (χ3n) is 12.0. The lowest BCUT2D eigenvalue weighted by atomic mass is 9.96. The van der Waals surface area contributed by atoms with Gasteiger partial charge >= 0.3 is 0 Å². The number of hydrogen-bond acceptors (Lipinski definition) is 5. The Morgan fingerprint density at radius 2 is 0.762 bits per heavy atom. The van der Waals surface area contributed by atoms with Gasteiger partial charge in [-0.05, 0) is 62.4 Å². The molecule has 0 aliphatic rings. The molecule has 0 spiro atoms. The summed E-state index contributed by atoms with van der Waals surface area (Å²) in [4.78, 5) is 20.7. The first-order valence-corrected chi connectivity index (χ1v) is 21.1. The molecular weight excluding hydrogens is 769 g/mol. The van der Waals surface area contributed by atoms with E-state index in [0.29, 0.717) is 17.5 Å². The first-order valence-electron chi connectivity index (χ1n) is 21.1. The Bertz CT molecular complexity index is 3530. The summed E-state index contributed by atoms with van der Waals surface area (Å²) in [7, 11) is 0. The maximum absolute atomic E-state index is 6.65. The van der Waals surface area contributed by atoms with Gasteiger partial charge in [-0.1, -0.05) is 200 Å². The molecule has 5 heteroatoms. The van der Waals surface area contributed by atoms with Crippen molar-refractivity contribution in [2.75, 3.05) is 0 Å². The predicted octanol–water partition coefficient (Wildman–Crippen LogP) is 15.1. The highest BCUT2D eigenvalue weighted by Crippen LogP contribution is 2.41. The van der Waals surface area contributed by atoms with E-state index in [1.54, 1.807) is 0 Å². The summed E-state index contributed by atoms with van der Waals surface area (Å²) in [5, 5.41) is 5.41. The van der Waals surface area contributed by atoms with Crippen LogP contribution in [0.2, 0.25) is 0 Å². The molecule has 5 nitrogen and oxygen atoms in total. The molecule has 3 heterocycles. The quantitative estimate of drug-likeness (QED) is 0.161. The van der Waals surface area contributed by atoms with Crippen molar-refractivity contribution in [1.82, 2.24) is 19.9 Å². The molecule has 0 aliphatic heterocycles. The number of fused-ring (bicyclic) bond motifs is 6. The maximum Gasteiger partial charge on any atom is 0.164 e. The first-order chi connectivity index (χ1) is 31.2. The molecule has 0 bridgehead atoms. The first kappa shape index (κ1) is 36.3. The summed E-state index contributed by atoms with van der Waals surface area (Å²) in [6.45, 7) is 0. The van der Waals surface area contributed by atoms with Gasteiger partial charge in [0, 0.05) is 33.0 Å². The minimum Gasteiger partial charge on any atom is -0.455 e. The molecule has 9 aromatic carbocycles. The van der Waals surface area contributed by atoms with Crippen molar-refractivity contribution in [2.45, 2.75) is 0 Å². The largest absolute Gasteiger partial charge is 0.455 e. The van der Waals surface area contributed by atoms with Crippen LogP contribution in [0.25, 0.3) is 122 Å². The molecule has 63 heavy (non-hydrogen) atoms. The van der Waals surface area contributed by atoms with Gasteiger partial charge in [-0.3, -0.25) is 0 Å². The standard InChI is InChI=1S/C58H36N4O/c1-3-12-37(13-4-1)39-22-28-43(29-23-39)56-60-57(44-30-24-40(25-31-44)38-14-5-2-6-15-38)62-58(61-56)45-32-26-42(27-33-45)54-53-50-19-9-10-21-52(50)63-55(53)49-35-34-46(36-51(49)59-54)48-20-11-17-41-16-7-8-18-47(41)48/h1-36H. The molecule has 0 N–H and O–H groups in total. The molecular formula is C58H36N4O. The lowest BCUT2D eigenvalue weighted by Gasteiger charge is -2.11. The van der Waals surface area contributed by atoms with Crippen LogP contribution in [0.3, 0.4) is 0 Å². The van der Waals surface area contributed by atoms with E-state index in [1.807, 2.05) is 24.3 Å². The van der Waals surface area contributed by atoms with Gasteiger partial charge in [0.1, 0.15) is 11.2 Å². The van der Waals surface area contributed by atoms with E-state index >= 15 is 0 Å². The van der Waals surface area contributed by atoms with Crippen LogP contribution < -0.4 is 0 Å². The van der Waals surface area contributed by atoms with Crippen molar-refractivity contribution in [2.24, 2.45) is 0 Å². The van der Waals surface area contributed by atoms with Crippen molar-refractivity contribution >= 4 is 43.6 Å². The number of nitrogens with zero attached hydrogens (tertiary/aromatic N) is 4. The van der Waals surface area contributed by atoms with Gasteiger partial charge in [-0.25, -0.2) is 19.9 Å². The highest BCUT2D eigenvalue weighted by atomic mass is 16.3. The van der Waals surface area contributed by atoms with E-state index in [0.717, 1.165) is 88.6 Å². The fourth-order valence-electron chi connectivity index (χ4n) is 8.74. The van der Waals surface area contributed by atoms with Crippen LogP contribution in [-0.2, 0) is 0 Å². The van der Waals surface area contributed by atoms with Gasteiger partial charge < -0.3 is 4.42 Å². The average Bonchev–Trinajstić information content (AvgIpc) is 3.76. The summed E-state index contributed by atoms with van der Waals surface area (Å²) in [6.07, 6.45) is 0. The lowest BCUT2D eigenvalue weighted by molar-refractivity contribution is 0.672. The summed E-state index contributed by atoms with van der Waals surface area (Å²) < 4.78 is 6.65. The Balaban J connectivity index is 0.975. The number of benzene rings is 9. The van der Waals surface area contributed by atoms with Gasteiger partial charge in [0.15, 0.2) is 17.5 Å². The zero-order chi connectivity index (χ0) is 41.7. The Morgan fingerprint density at radius 1 is 0.302 bits per heavy atom. The number of hydrogen-bond donors (Lipinski definition) is 0. The van der Waals surface area contributed by atoms with Crippen molar-refractivity contribution in [3.63, 3.8) is 0 Å². The van der Waals surface area contributed by atoms with Gasteiger partial charge in [0.25, 0.3) is 0 Å². The summed E-state index contributed by atoms with van der Waals surface area (Å²) >= 11 is 0. The van der Waals surface area contributed by atoms with Crippen LogP contribution in [0.4, 0.5) is 0 Å². The number of rotatable bonds is 7. The number of aromatic nitrogens is 4. The van der Waals surface area contributed by atoms with Crippen LogP contribution in [0.1, 0.15) is 0 Å². The fourth-order valence-corrected chi connectivity index (χ4v) is 8.74. The van der Waals surface area contributed by atoms with Crippen LogP contribution >= 0.6 is 0 Å². The zero-order valence-electron chi connectivity index (χ0n) is 34.0. The fraction of sp³-hybridized carbons (Fsp3) is 0. The summed E-state index contributed by atoms with van der Waals surface area (Å²) in [5.74, 6) is 1.80. The minimum absolute atomic E-state index is 0.589. The van der Waals surface area contributed by atoms with Gasteiger partial charge in [0.05, 0.1) is 16.6 Å². The Morgan fingerprint density at radius 3 is 1.37 bits per heavy atom. The monoisotopic (exact) mass is 804 g/mol. The van der Waals surface area contributed by atoms with Crippen molar-refractivity contribution in [3.8, 4) is 78.8 Å². The molecule has 3 aromatic heterocycles. The number of pyridine rings is 1.